The molecule has 1 aliphatic carbocycles. The van der Waals surface area contributed by atoms with Crippen LogP contribution < -0.4 is 15.4 Å². The van der Waals surface area contributed by atoms with Gasteiger partial charge in [0.15, 0.2) is 0 Å². The topological polar surface area (TPSA) is 87.3 Å². The lowest BCUT2D eigenvalue weighted by atomic mass is 10.1. The zero-order valence-electron chi connectivity index (χ0n) is 17.2. The van der Waals surface area contributed by atoms with Gasteiger partial charge in [0.05, 0.1) is 4.90 Å². The third-order valence-electron chi connectivity index (χ3n) is 4.84. The first kappa shape index (κ1) is 21.3. The number of sulfonamides is 1. The van der Waals surface area contributed by atoms with Crippen molar-refractivity contribution in [3.8, 4) is 0 Å². The van der Waals surface area contributed by atoms with Crippen molar-refractivity contribution in [3.05, 3.63) is 59.2 Å². The number of carbonyl (C=O) groups excluding carboxylic acids is 1. The summed E-state index contributed by atoms with van der Waals surface area (Å²) < 4.78 is 27.9. The molecule has 29 heavy (non-hydrogen) atoms. The van der Waals surface area contributed by atoms with Crippen LogP contribution in [0.25, 0.3) is 0 Å². The molecule has 0 atom stereocenters. The summed E-state index contributed by atoms with van der Waals surface area (Å²) in [6, 6.07) is 12.7. The zero-order valence-corrected chi connectivity index (χ0v) is 18.0. The van der Waals surface area contributed by atoms with Crippen molar-refractivity contribution in [1.29, 1.82) is 0 Å². The van der Waals surface area contributed by atoms with E-state index in [-0.39, 0.29) is 22.9 Å². The van der Waals surface area contributed by atoms with Crippen molar-refractivity contribution < 1.29 is 13.2 Å². The number of rotatable bonds is 8. The second-order valence-corrected chi connectivity index (χ2v) is 9.51. The predicted octanol–water partition coefficient (Wildman–Crippen LogP) is 3.09. The summed E-state index contributed by atoms with van der Waals surface area (Å²) in [7, 11) is -3.70. The summed E-state index contributed by atoms with van der Waals surface area (Å²) >= 11 is 0. The minimum atomic E-state index is -3.70. The minimum absolute atomic E-state index is 0.0148. The van der Waals surface area contributed by atoms with Crippen molar-refractivity contribution in [3.63, 3.8) is 0 Å². The SMILES string of the molecule is CCCNc1cc(C(=O)NC2Cc3ccccc3C2)cc(S(=O)(=O)NC(C)C)c1. The molecule has 0 radical (unpaired) electrons. The second kappa shape index (κ2) is 8.97. The Kier molecular flexibility index (Phi) is 6.59. The Morgan fingerprint density at radius 2 is 1.76 bits per heavy atom. The van der Waals surface area contributed by atoms with Gasteiger partial charge in [0.2, 0.25) is 10.0 Å². The van der Waals surface area contributed by atoms with E-state index >= 15 is 0 Å². The number of benzene rings is 2. The average Bonchev–Trinajstić information content (AvgIpc) is 3.07. The van der Waals surface area contributed by atoms with E-state index in [9.17, 15) is 13.2 Å². The number of amides is 1. The maximum Gasteiger partial charge on any atom is 0.251 e. The Labute approximate surface area is 173 Å². The standard InChI is InChI=1S/C22H29N3O3S/c1-4-9-23-19-12-18(13-21(14-19)29(27,28)25-15(2)3)22(26)24-20-10-16-7-5-6-8-17(16)11-20/h5-8,12-15,20,23,25H,4,9-11H2,1-3H3,(H,24,26). The Morgan fingerprint density at radius 3 is 2.34 bits per heavy atom. The summed E-state index contributed by atoms with van der Waals surface area (Å²) in [5, 5.41) is 6.25. The lowest BCUT2D eigenvalue weighted by Crippen LogP contribution is -2.35. The molecule has 0 bridgehead atoms. The Hall–Kier alpha value is -2.38. The van der Waals surface area contributed by atoms with E-state index in [0.717, 1.165) is 19.3 Å². The average molecular weight is 416 g/mol. The largest absolute Gasteiger partial charge is 0.385 e. The molecule has 0 spiro atoms. The molecule has 3 N–H and O–H groups in total. The van der Waals surface area contributed by atoms with Gasteiger partial charge in [-0.25, -0.2) is 13.1 Å². The highest BCUT2D eigenvalue weighted by molar-refractivity contribution is 7.89. The van der Waals surface area contributed by atoms with Gasteiger partial charge < -0.3 is 10.6 Å². The van der Waals surface area contributed by atoms with Crippen molar-refractivity contribution in [2.24, 2.45) is 0 Å². The van der Waals surface area contributed by atoms with Gasteiger partial charge in [-0.3, -0.25) is 4.79 Å². The van der Waals surface area contributed by atoms with Crippen LogP contribution in [-0.4, -0.2) is 33.0 Å². The molecule has 1 aliphatic rings. The normalized spacial score (nSPS) is 14.1. The zero-order chi connectivity index (χ0) is 21.0. The molecule has 3 rings (SSSR count). The fourth-order valence-electron chi connectivity index (χ4n) is 3.56. The van der Waals surface area contributed by atoms with Gasteiger partial charge in [0.25, 0.3) is 5.91 Å². The second-order valence-electron chi connectivity index (χ2n) is 7.80. The van der Waals surface area contributed by atoms with Crippen LogP contribution in [0.3, 0.4) is 0 Å². The summed E-state index contributed by atoms with van der Waals surface area (Å²) in [4.78, 5) is 13.0. The number of hydrogen-bond acceptors (Lipinski definition) is 4. The highest BCUT2D eigenvalue weighted by Gasteiger charge is 2.24. The highest BCUT2D eigenvalue weighted by Crippen LogP contribution is 2.23. The van der Waals surface area contributed by atoms with E-state index in [1.807, 2.05) is 19.1 Å². The third-order valence-corrected chi connectivity index (χ3v) is 6.47. The molecule has 0 unspecified atom stereocenters. The first-order valence-electron chi connectivity index (χ1n) is 10.1. The Morgan fingerprint density at radius 1 is 1.10 bits per heavy atom. The van der Waals surface area contributed by atoms with Gasteiger partial charge >= 0.3 is 0 Å². The first-order valence-corrected chi connectivity index (χ1v) is 11.6. The van der Waals surface area contributed by atoms with Crippen molar-refractivity contribution in [2.75, 3.05) is 11.9 Å². The van der Waals surface area contributed by atoms with E-state index in [0.29, 0.717) is 17.8 Å². The Balaban J connectivity index is 1.83. The smallest absolute Gasteiger partial charge is 0.251 e. The van der Waals surface area contributed by atoms with Gasteiger partial charge in [-0.05, 0) is 62.4 Å². The van der Waals surface area contributed by atoms with Gasteiger partial charge in [-0.15, -0.1) is 0 Å². The maximum atomic E-state index is 12.9. The van der Waals surface area contributed by atoms with Gasteiger partial charge in [0, 0.05) is 29.9 Å². The predicted molar refractivity (Wildman–Crippen MR) is 116 cm³/mol. The maximum absolute atomic E-state index is 12.9. The van der Waals surface area contributed by atoms with Gasteiger partial charge in [-0.2, -0.15) is 0 Å². The molecular formula is C22H29N3O3S. The van der Waals surface area contributed by atoms with E-state index in [2.05, 4.69) is 27.5 Å². The molecule has 7 heteroatoms. The lowest BCUT2D eigenvalue weighted by molar-refractivity contribution is 0.0938. The number of fused-ring (bicyclic) bond motifs is 1. The van der Waals surface area contributed by atoms with Crippen molar-refractivity contribution in [2.45, 2.75) is 57.0 Å². The Bertz CT molecular complexity index is 962. The first-order chi connectivity index (χ1) is 13.8. The van der Waals surface area contributed by atoms with Crippen LogP contribution in [0.4, 0.5) is 5.69 Å². The molecule has 0 aliphatic heterocycles. The number of carbonyl (C=O) groups is 1. The summed E-state index contributed by atoms with van der Waals surface area (Å²) in [5.74, 6) is -0.260. The molecule has 2 aromatic carbocycles. The molecule has 2 aromatic rings. The summed E-state index contributed by atoms with van der Waals surface area (Å²) in [6.45, 7) is 6.25. The monoisotopic (exact) mass is 415 g/mol. The molecule has 0 fully saturated rings. The van der Waals surface area contributed by atoms with Crippen LogP contribution in [0.5, 0.6) is 0 Å². The number of anilines is 1. The number of nitrogens with one attached hydrogen (secondary N) is 3. The molecule has 6 nitrogen and oxygen atoms in total. The minimum Gasteiger partial charge on any atom is -0.385 e. The highest BCUT2D eigenvalue weighted by atomic mass is 32.2. The van der Waals surface area contributed by atoms with Crippen LogP contribution in [0, 0.1) is 0 Å². The van der Waals surface area contributed by atoms with Crippen LogP contribution in [-0.2, 0) is 22.9 Å². The van der Waals surface area contributed by atoms with Crippen LogP contribution in [0.2, 0.25) is 0 Å². The molecule has 1 amide bonds. The van der Waals surface area contributed by atoms with Crippen molar-refractivity contribution in [1.82, 2.24) is 10.0 Å². The van der Waals surface area contributed by atoms with E-state index in [1.54, 1.807) is 26.0 Å². The van der Waals surface area contributed by atoms with E-state index in [4.69, 9.17) is 0 Å². The lowest BCUT2D eigenvalue weighted by Gasteiger charge is -2.16. The molecule has 0 saturated heterocycles. The van der Waals surface area contributed by atoms with Crippen LogP contribution in [0.1, 0.15) is 48.7 Å². The van der Waals surface area contributed by atoms with Crippen molar-refractivity contribution >= 4 is 21.6 Å². The fraction of sp³-hybridized carbons (Fsp3) is 0.409. The molecule has 0 aromatic heterocycles. The number of hydrogen-bond donors (Lipinski definition) is 3. The third kappa shape index (κ3) is 5.36. The summed E-state index contributed by atoms with van der Waals surface area (Å²) in [6.07, 6.45) is 2.47. The van der Waals surface area contributed by atoms with E-state index in [1.165, 1.54) is 17.2 Å². The molecule has 156 valence electrons. The van der Waals surface area contributed by atoms with Gasteiger partial charge in [0.1, 0.15) is 0 Å². The summed E-state index contributed by atoms with van der Waals surface area (Å²) in [5.41, 5.74) is 3.46. The van der Waals surface area contributed by atoms with Crippen LogP contribution in [0.15, 0.2) is 47.4 Å². The van der Waals surface area contributed by atoms with Gasteiger partial charge in [-0.1, -0.05) is 31.2 Å². The quantitative estimate of drug-likeness (QED) is 0.618. The van der Waals surface area contributed by atoms with E-state index < -0.39 is 10.0 Å². The van der Waals surface area contributed by atoms with Crippen LogP contribution >= 0.6 is 0 Å². The molecule has 0 saturated carbocycles. The molecular weight excluding hydrogens is 386 g/mol. The fourth-order valence-corrected chi connectivity index (χ4v) is 4.89. The molecule has 0 heterocycles.